The van der Waals surface area contributed by atoms with Crippen molar-refractivity contribution in [3.8, 4) is 0 Å². The first kappa shape index (κ1) is 15.8. The molecule has 1 N–H and O–H groups in total. The quantitative estimate of drug-likeness (QED) is 0.831. The summed E-state index contributed by atoms with van der Waals surface area (Å²) in [5.74, 6) is -0.908. The van der Waals surface area contributed by atoms with Crippen LogP contribution in [0.1, 0.15) is 22.3 Å². The Balaban J connectivity index is 2.31. The van der Waals surface area contributed by atoms with Crippen LogP contribution in [0.4, 0.5) is 13.2 Å². The highest BCUT2D eigenvalue weighted by atomic mass is 79.9. The second kappa shape index (κ2) is 6.05. The van der Waals surface area contributed by atoms with Crippen molar-refractivity contribution in [2.45, 2.75) is 12.6 Å². The topological polar surface area (TPSA) is 49.4 Å². The first-order valence-electron chi connectivity index (χ1n) is 6.22. The lowest BCUT2D eigenvalue weighted by Gasteiger charge is -2.20. The standard InChI is InChI=1S/C13H12BrF3N2O2/c14-10-3-2-8(13(15,16)17)6-9(10)12(21)19-5-1-4-18-11(20)7-19/h2-3,6H,1,4-5,7H2,(H,18,20). The third-order valence-electron chi connectivity index (χ3n) is 3.07. The fourth-order valence-corrected chi connectivity index (χ4v) is 2.43. The number of carbonyl (C=O) groups excluding carboxylic acids is 2. The van der Waals surface area contributed by atoms with E-state index in [9.17, 15) is 22.8 Å². The molecule has 0 aliphatic carbocycles. The fourth-order valence-electron chi connectivity index (χ4n) is 2.02. The normalized spacial score (nSPS) is 16.4. The van der Waals surface area contributed by atoms with Crippen LogP contribution in [0.5, 0.6) is 0 Å². The number of nitrogens with one attached hydrogen (secondary N) is 1. The summed E-state index contributed by atoms with van der Waals surface area (Å²) in [5.41, 5.74) is -0.993. The minimum absolute atomic E-state index is 0.0977. The lowest BCUT2D eigenvalue weighted by molar-refractivity contribution is -0.137. The number of hydrogen-bond acceptors (Lipinski definition) is 2. The van der Waals surface area contributed by atoms with E-state index in [1.54, 1.807) is 0 Å². The van der Waals surface area contributed by atoms with E-state index >= 15 is 0 Å². The summed E-state index contributed by atoms with van der Waals surface area (Å²) in [6.45, 7) is 0.619. The second-order valence-electron chi connectivity index (χ2n) is 4.62. The Morgan fingerprint density at radius 3 is 2.71 bits per heavy atom. The molecule has 1 aliphatic rings. The van der Waals surface area contributed by atoms with E-state index in [2.05, 4.69) is 21.2 Å². The number of alkyl halides is 3. The molecule has 1 heterocycles. The number of nitrogens with zero attached hydrogens (tertiary/aromatic N) is 1. The number of halogens is 4. The van der Waals surface area contributed by atoms with E-state index in [1.165, 1.54) is 11.0 Å². The van der Waals surface area contributed by atoms with Crippen LogP contribution in [0.2, 0.25) is 0 Å². The fraction of sp³-hybridized carbons (Fsp3) is 0.385. The van der Waals surface area contributed by atoms with E-state index in [4.69, 9.17) is 0 Å². The number of benzene rings is 1. The predicted octanol–water partition coefficient (Wildman–Crippen LogP) is 2.43. The van der Waals surface area contributed by atoms with E-state index in [-0.39, 0.29) is 22.5 Å². The maximum Gasteiger partial charge on any atom is 0.416 e. The number of amides is 2. The molecule has 21 heavy (non-hydrogen) atoms. The average Bonchev–Trinajstić information content (AvgIpc) is 2.62. The van der Waals surface area contributed by atoms with Gasteiger partial charge in [-0.2, -0.15) is 13.2 Å². The molecule has 1 aromatic carbocycles. The molecule has 114 valence electrons. The van der Waals surface area contributed by atoms with Gasteiger partial charge < -0.3 is 10.2 Å². The van der Waals surface area contributed by atoms with Gasteiger partial charge >= 0.3 is 6.18 Å². The Morgan fingerprint density at radius 1 is 1.33 bits per heavy atom. The number of rotatable bonds is 1. The molecule has 1 aliphatic heterocycles. The Morgan fingerprint density at radius 2 is 2.05 bits per heavy atom. The zero-order valence-corrected chi connectivity index (χ0v) is 12.4. The van der Waals surface area contributed by atoms with E-state index in [1.807, 2.05) is 0 Å². The molecule has 1 aromatic rings. The van der Waals surface area contributed by atoms with Crippen LogP contribution in [-0.2, 0) is 11.0 Å². The van der Waals surface area contributed by atoms with Crippen molar-refractivity contribution < 1.29 is 22.8 Å². The van der Waals surface area contributed by atoms with Crippen molar-refractivity contribution in [2.75, 3.05) is 19.6 Å². The summed E-state index contributed by atoms with van der Waals surface area (Å²) < 4.78 is 38.5. The summed E-state index contributed by atoms with van der Waals surface area (Å²) in [4.78, 5) is 25.0. The van der Waals surface area contributed by atoms with Crippen LogP contribution in [0.3, 0.4) is 0 Å². The van der Waals surface area contributed by atoms with Gasteiger partial charge in [-0.1, -0.05) is 0 Å². The van der Waals surface area contributed by atoms with Crippen molar-refractivity contribution in [1.29, 1.82) is 0 Å². The van der Waals surface area contributed by atoms with Gasteiger partial charge in [0.1, 0.15) is 0 Å². The van der Waals surface area contributed by atoms with Gasteiger partial charge in [0.15, 0.2) is 0 Å². The van der Waals surface area contributed by atoms with E-state index in [0.29, 0.717) is 19.5 Å². The van der Waals surface area contributed by atoms with Crippen LogP contribution in [-0.4, -0.2) is 36.3 Å². The molecule has 1 saturated heterocycles. The molecule has 4 nitrogen and oxygen atoms in total. The van der Waals surface area contributed by atoms with Gasteiger partial charge in [0.2, 0.25) is 5.91 Å². The van der Waals surface area contributed by atoms with Crippen molar-refractivity contribution in [2.24, 2.45) is 0 Å². The average molecular weight is 365 g/mol. The van der Waals surface area contributed by atoms with Crippen molar-refractivity contribution in [1.82, 2.24) is 10.2 Å². The van der Waals surface area contributed by atoms with Crippen LogP contribution >= 0.6 is 15.9 Å². The lowest BCUT2D eigenvalue weighted by Crippen LogP contribution is -2.37. The summed E-state index contributed by atoms with van der Waals surface area (Å²) in [6, 6.07) is 2.89. The van der Waals surface area contributed by atoms with E-state index < -0.39 is 17.6 Å². The van der Waals surface area contributed by atoms with Crippen LogP contribution < -0.4 is 5.32 Å². The summed E-state index contributed by atoms with van der Waals surface area (Å²) in [7, 11) is 0. The highest BCUT2D eigenvalue weighted by molar-refractivity contribution is 9.10. The van der Waals surface area contributed by atoms with Gasteiger partial charge in [-0.15, -0.1) is 0 Å². The maximum absolute atomic E-state index is 12.7. The molecule has 8 heteroatoms. The molecule has 0 bridgehead atoms. The number of carbonyl (C=O) groups is 2. The SMILES string of the molecule is O=C1CN(C(=O)c2cc(C(F)(F)F)ccc2Br)CCCN1. The Labute approximate surface area is 127 Å². The van der Waals surface area contributed by atoms with Crippen LogP contribution in [0, 0.1) is 0 Å². The maximum atomic E-state index is 12.7. The second-order valence-corrected chi connectivity index (χ2v) is 5.48. The lowest BCUT2D eigenvalue weighted by atomic mass is 10.1. The van der Waals surface area contributed by atoms with Crippen molar-refractivity contribution in [3.63, 3.8) is 0 Å². The van der Waals surface area contributed by atoms with Gasteiger partial charge in [0, 0.05) is 17.6 Å². The molecule has 0 atom stereocenters. The van der Waals surface area contributed by atoms with Crippen LogP contribution in [0.25, 0.3) is 0 Å². The van der Waals surface area contributed by atoms with Gasteiger partial charge in [0.05, 0.1) is 17.7 Å². The molecule has 0 aromatic heterocycles. The number of hydrogen-bond donors (Lipinski definition) is 1. The molecule has 2 amide bonds. The summed E-state index contributed by atoms with van der Waals surface area (Å²) in [5, 5.41) is 2.61. The molecule has 0 radical (unpaired) electrons. The van der Waals surface area contributed by atoms with Crippen molar-refractivity contribution in [3.05, 3.63) is 33.8 Å². The zero-order chi connectivity index (χ0) is 15.6. The molecular formula is C13H12BrF3N2O2. The third kappa shape index (κ3) is 3.75. The first-order chi connectivity index (χ1) is 9.79. The molecule has 1 fully saturated rings. The monoisotopic (exact) mass is 364 g/mol. The van der Waals surface area contributed by atoms with Gasteiger partial charge in [-0.25, -0.2) is 0 Å². The Bertz CT molecular complexity index is 575. The molecule has 0 unspecified atom stereocenters. The Hall–Kier alpha value is -1.57. The Kier molecular flexibility index (Phi) is 4.55. The first-order valence-corrected chi connectivity index (χ1v) is 7.01. The highest BCUT2D eigenvalue weighted by Crippen LogP contribution is 2.32. The molecule has 2 rings (SSSR count). The largest absolute Gasteiger partial charge is 0.416 e. The minimum atomic E-state index is -4.52. The summed E-state index contributed by atoms with van der Waals surface area (Å²) in [6.07, 6.45) is -3.96. The molecular weight excluding hydrogens is 353 g/mol. The van der Waals surface area contributed by atoms with E-state index in [0.717, 1.165) is 12.1 Å². The van der Waals surface area contributed by atoms with Crippen molar-refractivity contribution >= 4 is 27.7 Å². The highest BCUT2D eigenvalue weighted by Gasteiger charge is 2.32. The predicted molar refractivity (Wildman–Crippen MR) is 72.7 cm³/mol. The third-order valence-corrected chi connectivity index (χ3v) is 3.76. The molecule has 0 saturated carbocycles. The zero-order valence-electron chi connectivity index (χ0n) is 10.8. The van der Waals surface area contributed by atoms with Gasteiger partial charge in [0.25, 0.3) is 5.91 Å². The van der Waals surface area contributed by atoms with Gasteiger partial charge in [-0.05, 0) is 40.5 Å². The summed E-state index contributed by atoms with van der Waals surface area (Å²) >= 11 is 3.08. The minimum Gasteiger partial charge on any atom is -0.354 e. The molecule has 0 spiro atoms. The smallest absolute Gasteiger partial charge is 0.354 e. The van der Waals surface area contributed by atoms with Crippen LogP contribution in [0.15, 0.2) is 22.7 Å². The van der Waals surface area contributed by atoms with Gasteiger partial charge in [-0.3, -0.25) is 9.59 Å².